The summed E-state index contributed by atoms with van der Waals surface area (Å²) in [5.41, 5.74) is 1.26. The second-order valence-corrected chi connectivity index (χ2v) is 6.65. The van der Waals surface area contributed by atoms with Gasteiger partial charge in [-0.1, -0.05) is 12.1 Å². The van der Waals surface area contributed by atoms with Crippen LogP contribution in [0, 0.1) is 0 Å². The molecule has 0 atom stereocenters. The molecule has 122 valence electrons. The third-order valence-electron chi connectivity index (χ3n) is 4.82. The number of nitrogens with zero attached hydrogens (tertiary/aromatic N) is 2. The molecule has 1 aromatic rings. The molecule has 4 heteroatoms. The van der Waals surface area contributed by atoms with Crippen molar-refractivity contribution in [2.24, 2.45) is 0 Å². The number of para-hydroxylation sites is 2. The summed E-state index contributed by atoms with van der Waals surface area (Å²) in [6.07, 6.45) is 2.63. The van der Waals surface area contributed by atoms with E-state index >= 15 is 0 Å². The number of piperazine rings is 1. The molecule has 3 rings (SSSR count). The van der Waals surface area contributed by atoms with Crippen LogP contribution in [0.4, 0.5) is 5.69 Å². The quantitative estimate of drug-likeness (QED) is 0.924. The van der Waals surface area contributed by atoms with E-state index in [1.807, 2.05) is 0 Å². The fourth-order valence-corrected chi connectivity index (χ4v) is 3.41. The zero-order chi connectivity index (χ0) is 15.4. The minimum absolute atomic E-state index is 0.360. The molecule has 0 saturated carbocycles. The van der Waals surface area contributed by atoms with Crippen LogP contribution >= 0.6 is 0 Å². The van der Waals surface area contributed by atoms with E-state index in [4.69, 9.17) is 4.74 Å². The van der Waals surface area contributed by atoms with Gasteiger partial charge in [-0.25, -0.2) is 0 Å². The third kappa shape index (κ3) is 3.73. The van der Waals surface area contributed by atoms with Crippen LogP contribution in [0.5, 0.6) is 5.75 Å². The van der Waals surface area contributed by atoms with Crippen molar-refractivity contribution in [2.45, 2.75) is 38.8 Å². The molecule has 0 unspecified atom stereocenters. The van der Waals surface area contributed by atoms with Crippen LogP contribution in [-0.4, -0.2) is 56.3 Å². The number of anilines is 1. The summed E-state index contributed by atoms with van der Waals surface area (Å²) in [4.78, 5) is 4.98. The highest BCUT2D eigenvalue weighted by molar-refractivity contribution is 5.58. The first-order valence-electron chi connectivity index (χ1n) is 8.69. The van der Waals surface area contributed by atoms with E-state index < -0.39 is 0 Å². The molecule has 2 aliphatic rings. The smallest absolute Gasteiger partial charge is 0.143 e. The van der Waals surface area contributed by atoms with Gasteiger partial charge in [0.25, 0.3) is 0 Å². The van der Waals surface area contributed by atoms with E-state index in [2.05, 4.69) is 53.2 Å². The molecule has 2 saturated heterocycles. The van der Waals surface area contributed by atoms with Crippen molar-refractivity contribution in [3.63, 3.8) is 0 Å². The van der Waals surface area contributed by atoms with Gasteiger partial charge in [-0.05, 0) is 38.8 Å². The number of nitrogens with one attached hydrogen (secondary N) is 1. The van der Waals surface area contributed by atoms with Gasteiger partial charge in [-0.2, -0.15) is 0 Å². The summed E-state index contributed by atoms with van der Waals surface area (Å²) in [5, 5.41) is 3.41. The lowest BCUT2D eigenvalue weighted by molar-refractivity contribution is 0.0845. The van der Waals surface area contributed by atoms with Crippen molar-refractivity contribution in [1.82, 2.24) is 10.2 Å². The molecule has 1 aromatic carbocycles. The number of ether oxygens (including phenoxy) is 1. The lowest BCUT2D eigenvalue weighted by atomic mass is 10.1. The summed E-state index contributed by atoms with van der Waals surface area (Å²) in [6.45, 7) is 11.1. The fraction of sp³-hybridized carbons (Fsp3) is 0.667. The zero-order valence-corrected chi connectivity index (χ0v) is 13.9. The van der Waals surface area contributed by atoms with Crippen LogP contribution < -0.4 is 15.0 Å². The van der Waals surface area contributed by atoms with Gasteiger partial charge < -0.3 is 19.9 Å². The summed E-state index contributed by atoms with van der Waals surface area (Å²) in [7, 11) is 0. The Hall–Kier alpha value is -1.26. The minimum Gasteiger partial charge on any atom is -0.488 e. The average molecular weight is 303 g/mol. The highest BCUT2D eigenvalue weighted by atomic mass is 16.5. The Balaban J connectivity index is 1.63. The summed E-state index contributed by atoms with van der Waals surface area (Å²) >= 11 is 0. The van der Waals surface area contributed by atoms with Gasteiger partial charge in [0.2, 0.25) is 0 Å². The van der Waals surface area contributed by atoms with E-state index in [0.717, 1.165) is 57.9 Å². The zero-order valence-electron chi connectivity index (χ0n) is 13.9. The van der Waals surface area contributed by atoms with Crippen molar-refractivity contribution < 1.29 is 4.74 Å². The molecule has 0 radical (unpaired) electrons. The minimum atomic E-state index is 0.360. The first-order valence-corrected chi connectivity index (χ1v) is 8.69. The maximum absolute atomic E-state index is 6.38. The first-order chi connectivity index (χ1) is 10.7. The van der Waals surface area contributed by atoms with Crippen molar-refractivity contribution in [3.8, 4) is 5.75 Å². The molecule has 2 fully saturated rings. The number of hydrogen-bond acceptors (Lipinski definition) is 4. The molecule has 0 aromatic heterocycles. The van der Waals surface area contributed by atoms with Crippen molar-refractivity contribution in [3.05, 3.63) is 24.3 Å². The van der Waals surface area contributed by atoms with Crippen LogP contribution in [0.3, 0.4) is 0 Å². The molecule has 0 bridgehead atoms. The Morgan fingerprint density at radius 2 is 1.73 bits per heavy atom. The molecule has 0 aliphatic carbocycles. The lowest BCUT2D eigenvalue weighted by Crippen LogP contribution is -2.44. The molecule has 1 N–H and O–H groups in total. The van der Waals surface area contributed by atoms with Crippen LogP contribution in [0.2, 0.25) is 0 Å². The number of hydrogen-bond donors (Lipinski definition) is 1. The van der Waals surface area contributed by atoms with Gasteiger partial charge in [-0.3, -0.25) is 0 Å². The molecule has 22 heavy (non-hydrogen) atoms. The molecule has 0 spiro atoms. The van der Waals surface area contributed by atoms with Crippen molar-refractivity contribution in [1.29, 1.82) is 0 Å². The first kappa shape index (κ1) is 15.6. The van der Waals surface area contributed by atoms with Crippen LogP contribution in [0.25, 0.3) is 0 Å². The number of likely N-dealkylation sites (tertiary alicyclic amines) is 1. The lowest BCUT2D eigenvalue weighted by Gasteiger charge is -2.36. The molecule has 4 nitrogen and oxygen atoms in total. The van der Waals surface area contributed by atoms with E-state index in [-0.39, 0.29) is 0 Å². The molecule has 2 heterocycles. The summed E-state index contributed by atoms with van der Waals surface area (Å²) < 4.78 is 6.38. The highest BCUT2D eigenvalue weighted by Gasteiger charge is 2.23. The van der Waals surface area contributed by atoms with Crippen LogP contribution in [0.15, 0.2) is 24.3 Å². The van der Waals surface area contributed by atoms with Crippen molar-refractivity contribution >= 4 is 5.69 Å². The maximum Gasteiger partial charge on any atom is 0.143 e. The number of rotatable bonds is 4. The Morgan fingerprint density at radius 1 is 1.05 bits per heavy atom. The van der Waals surface area contributed by atoms with Crippen LogP contribution in [0.1, 0.15) is 26.7 Å². The van der Waals surface area contributed by atoms with Gasteiger partial charge in [-0.15, -0.1) is 0 Å². The van der Waals surface area contributed by atoms with Gasteiger partial charge in [0.1, 0.15) is 11.9 Å². The van der Waals surface area contributed by atoms with Gasteiger partial charge in [0, 0.05) is 45.3 Å². The van der Waals surface area contributed by atoms with E-state index in [1.165, 1.54) is 5.69 Å². The van der Waals surface area contributed by atoms with E-state index in [1.54, 1.807) is 0 Å². The Bertz CT molecular complexity index is 463. The number of benzene rings is 1. The Kier molecular flexibility index (Phi) is 5.21. The second-order valence-electron chi connectivity index (χ2n) is 6.65. The third-order valence-corrected chi connectivity index (χ3v) is 4.82. The van der Waals surface area contributed by atoms with E-state index in [0.29, 0.717) is 12.1 Å². The Morgan fingerprint density at radius 3 is 2.41 bits per heavy atom. The predicted octanol–water partition coefficient (Wildman–Crippen LogP) is 2.35. The topological polar surface area (TPSA) is 27.7 Å². The van der Waals surface area contributed by atoms with Gasteiger partial charge in [0.05, 0.1) is 5.69 Å². The maximum atomic E-state index is 6.38. The molecule has 2 aliphatic heterocycles. The molecular formula is C18H29N3O. The van der Waals surface area contributed by atoms with Crippen molar-refractivity contribution in [2.75, 3.05) is 44.2 Å². The monoisotopic (exact) mass is 303 g/mol. The van der Waals surface area contributed by atoms with Gasteiger partial charge in [0.15, 0.2) is 0 Å². The van der Waals surface area contributed by atoms with Crippen LogP contribution in [-0.2, 0) is 0 Å². The summed E-state index contributed by atoms with van der Waals surface area (Å²) in [6, 6.07) is 9.18. The fourth-order valence-electron chi connectivity index (χ4n) is 3.41. The Labute approximate surface area is 134 Å². The predicted molar refractivity (Wildman–Crippen MR) is 91.9 cm³/mol. The standard InChI is InChI=1S/C18H29N3O/c1-15(2)20-11-7-16(8-12-20)22-18-6-4-3-5-17(18)21-13-9-19-10-14-21/h3-6,15-16,19H,7-14H2,1-2H3. The van der Waals surface area contributed by atoms with E-state index in [9.17, 15) is 0 Å². The van der Waals surface area contributed by atoms with Gasteiger partial charge >= 0.3 is 0 Å². The number of piperidine rings is 1. The summed E-state index contributed by atoms with van der Waals surface area (Å²) in [5.74, 6) is 1.06. The highest BCUT2D eigenvalue weighted by Crippen LogP contribution is 2.30. The SMILES string of the molecule is CC(C)N1CCC(Oc2ccccc2N2CCNCC2)CC1. The molecular weight excluding hydrogens is 274 g/mol. The average Bonchev–Trinajstić information content (AvgIpc) is 2.57. The normalized spacial score (nSPS) is 21.3. The largest absolute Gasteiger partial charge is 0.488 e. The second kappa shape index (κ2) is 7.34. The molecule has 0 amide bonds.